The summed E-state index contributed by atoms with van der Waals surface area (Å²) in [6.45, 7) is 0.0163. The Morgan fingerprint density at radius 3 is 2.46 bits per heavy atom. The summed E-state index contributed by atoms with van der Waals surface area (Å²) in [4.78, 5) is 24.3. The summed E-state index contributed by atoms with van der Waals surface area (Å²) in [7, 11) is 0. The molecule has 0 saturated carbocycles. The summed E-state index contributed by atoms with van der Waals surface area (Å²) in [5.41, 5.74) is -3.37. The van der Waals surface area contributed by atoms with Gasteiger partial charge in [-0.3, -0.25) is 14.5 Å². The van der Waals surface area contributed by atoms with Crippen LogP contribution in [0.25, 0.3) is 17.4 Å². The lowest BCUT2D eigenvalue weighted by atomic mass is 10.0. The van der Waals surface area contributed by atoms with Crippen LogP contribution in [0.1, 0.15) is 23.3 Å². The summed E-state index contributed by atoms with van der Waals surface area (Å²) >= 11 is 6.03. The highest BCUT2D eigenvalue weighted by molar-refractivity contribution is 8.26. The van der Waals surface area contributed by atoms with E-state index in [1.165, 1.54) is 17.0 Å². The third kappa shape index (κ3) is 6.64. The van der Waals surface area contributed by atoms with Crippen LogP contribution in [0.15, 0.2) is 39.7 Å². The molecule has 1 aromatic carbocycles. The fourth-order valence-electron chi connectivity index (χ4n) is 2.99. The first-order valence-electron chi connectivity index (χ1n) is 9.71. The van der Waals surface area contributed by atoms with E-state index in [4.69, 9.17) is 26.5 Å². The van der Waals surface area contributed by atoms with Gasteiger partial charge in [-0.2, -0.15) is 26.3 Å². The Bertz CT molecular complexity index is 1170. The number of carboxylic acid groups (broad SMARTS) is 1. The molecule has 0 unspecified atom stereocenters. The number of benzene rings is 1. The molecular formula is C21H15F6NO5S2. The van der Waals surface area contributed by atoms with Crippen molar-refractivity contribution in [2.24, 2.45) is 0 Å². The molecule has 1 saturated heterocycles. The monoisotopic (exact) mass is 539 g/mol. The Morgan fingerprint density at radius 2 is 1.83 bits per heavy atom. The number of thioether (sulfide) groups is 1. The van der Waals surface area contributed by atoms with E-state index in [1.807, 2.05) is 0 Å². The zero-order valence-corrected chi connectivity index (χ0v) is 19.0. The maximum absolute atomic E-state index is 13.4. The van der Waals surface area contributed by atoms with Crippen molar-refractivity contribution in [3.8, 4) is 11.3 Å². The number of ether oxygens (including phenoxy) is 1. The fraction of sp³-hybridized carbons (Fsp3) is 0.286. The van der Waals surface area contributed by atoms with Crippen LogP contribution < -0.4 is 0 Å². The SMILES string of the molecule is O=C(O)CCOCCN1C(=O)/C(=C/c2ccc(-c3cc(C(F)(F)F)ccc3C(F)(F)F)o2)SC1=S. The average molecular weight is 539 g/mol. The summed E-state index contributed by atoms with van der Waals surface area (Å²) < 4.78 is 90.0. The van der Waals surface area contributed by atoms with E-state index < -0.39 is 46.7 Å². The standard InChI is InChI=1S/C21H15F6NO5S2/c22-20(23,24)11-1-3-14(21(25,26)27)13(9-11)15-4-2-12(33-15)10-16-18(31)28(19(34)35-16)6-8-32-7-5-17(29)30/h1-4,9-10H,5-8H2,(H,29,30)/b16-10-. The Morgan fingerprint density at radius 1 is 1.11 bits per heavy atom. The Balaban J connectivity index is 1.80. The molecular weight excluding hydrogens is 524 g/mol. The van der Waals surface area contributed by atoms with Gasteiger partial charge in [-0.05, 0) is 30.3 Å². The summed E-state index contributed by atoms with van der Waals surface area (Å²) in [6.07, 6.45) is -8.78. The zero-order valence-electron chi connectivity index (χ0n) is 17.4. The minimum atomic E-state index is -4.93. The van der Waals surface area contributed by atoms with E-state index in [9.17, 15) is 35.9 Å². The number of carbonyl (C=O) groups excluding carboxylic acids is 1. The number of amides is 1. The van der Waals surface area contributed by atoms with Gasteiger partial charge in [0.05, 0.1) is 42.2 Å². The van der Waals surface area contributed by atoms with Crippen molar-refractivity contribution in [3.63, 3.8) is 0 Å². The third-order valence-corrected chi connectivity index (χ3v) is 5.99. The Labute approximate surface area is 203 Å². The zero-order chi connectivity index (χ0) is 26.0. The van der Waals surface area contributed by atoms with Gasteiger partial charge in [0.2, 0.25) is 0 Å². The van der Waals surface area contributed by atoms with Crippen LogP contribution >= 0.6 is 24.0 Å². The molecule has 0 bridgehead atoms. The second-order valence-corrected chi connectivity index (χ2v) is 8.72. The number of alkyl halides is 6. The number of carboxylic acids is 1. The third-order valence-electron chi connectivity index (χ3n) is 4.61. The highest BCUT2D eigenvalue weighted by Gasteiger charge is 2.38. The molecule has 1 aliphatic heterocycles. The van der Waals surface area contributed by atoms with Crippen LogP contribution in [-0.2, 0) is 26.7 Å². The van der Waals surface area contributed by atoms with Gasteiger partial charge in [0, 0.05) is 11.6 Å². The number of thiocarbonyl (C=S) groups is 1. The molecule has 14 heteroatoms. The van der Waals surface area contributed by atoms with Gasteiger partial charge < -0.3 is 14.3 Å². The molecule has 3 rings (SSSR count). The van der Waals surface area contributed by atoms with Crippen molar-refractivity contribution in [2.75, 3.05) is 19.8 Å². The van der Waals surface area contributed by atoms with E-state index >= 15 is 0 Å². The molecule has 2 aromatic rings. The molecule has 35 heavy (non-hydrogen) atoms. The minimum absolute atomic E-state index is 0.0215. The second-order valence-electron chi connectivity index (χ2n) is 7.05. The first kappa shape index (κ1) is 26.8. The van der Waals surface area contributed by atoms with Crippen molar-refractivity contribution in [1.29, 1.82) is 0 Å². The largest absolute Gasteiger partial charge is 0.481 e. The Kier molecular flexibility index (Phi) is 7.97. The predicted molar refractivity (Wildman–Crippen MR) is 117 cm³/mol. The molecule has 1 N–H and O–H groups in total. The van der Waals surface area contributed by atoms with Crippen LogP contribution in [0.2, 0.25) is 0 Å². The molecule has 1 amide bonds. The molecule has 1 aliphatic rings. The summed E-state index contributed by atoms with van der Waals surface area (Å²) in [6, 6.07) is 3.33. The van der Waals surface area contributed by atoms with Crippen molar-refractivity contribution < 1.29 is 50.2 Å². The van der Waals surface area contributed by atoms with Crippen LogP contribution in [0.3, 0.4) is 0 Å². The lowest BCUT2D eigenvalue weighted by molar-refractivity contribution is -0.141. The number of hydrogen-bond donors (Lipinski definition) is 1. The molecule has 6 nitrogen and oxygen atoms in total. The van der Waals surface area contributed by atoms with Crippen molar-refractivity contribution >= 4 is 46.3 Å². The van der Waals surface area contributed by atoms with E-state index in [0.29, 0.717) is 18.2 Å². The highest BCUT2D eigenvalue weighted by atomic mass is 32.2. The van der Waals surface area contributed by atoms with Crippen LogP contribution in [0.5, 0.6) is 0 Å². The number of rotatable bonds is 8. The molecule has 0 spiro atoms. The average Bonchev–Trinajstić information content (AvgIpc) is 3.31. The number of carbonyl (C=O) groups is 2. The number of aliphatic carboxylic acids is 1. The minimum Gasteiger partial charge on any atom is -0.481 e. The first-order valence-corrected chi connectivity index (χ1v) is 10.9. The molecule has 1 aromatic heterocycles. The van der Waals surface area contributed by atoms with E-state index in [1.54, 1.807) is 0 Å². The van der Waals surface area contributed by atoms with Crippen molar-refractivity contribution in [2.45, 2.75) is 18.8 Å². The van der Waals surface area contributed by atoms with Crippen LogP contribution in [-0.4, -0.2) is 46.0 Å². The molecule has 188 valence electrons. The van der Waals surface area contributed by atoms with Crippen LogP contribution in [0.4, 0.5) is 26.3 Å². The maximum Gasteiger partial charge on any atom is 0.417 e. The number of nitrogens with zero attached hydrogens (tertiary/aromatic N) is 1. The second kappa shape index (κ2) is 10.4. The van der Waals surface area contributed by atoms with Gasteiger partial charge in [-0.1, -0.05) is 24.0 Å². The van der Waals surface area contributed by atoms with Gasteiger partial charge >= 0.3 is 18.3 Å². The molecule has 1 fully saturated rings. The van der Waals surface area contributed by atoms with E-state index in [2.05, 4.69) is 0 Å². The smallest absolute Gasteiger partial charge is 0.417 e. The number of halogens is 6. The quantitative estimate of drug-likeness (QED) is 0.200. The molecule has 0 atom stereocenters. The predicted octanol–water partition coefficient (Wildman–Crippen LogP) is 5.68. The van der Waals surface area contributed by atoms with Gasteiger partial charge in [0.15, 0.2) is 0 Å². The summed E-state index contributed by atoms with van der Waals surface area (Å²) in [5, 5.41) is 8.57. The Hall–Kier alpha value is -2.84. The maximum atomic E-state index is 13.4. The normalized spacial score (nSPS) is 15.9. The lowest BCUT2D eigenvalue weighted by Crippen LogP contribution is -2.31. The van der Waals surface area contributed by atoms with Gasteiger partial charge in [0.1, 0.15) is 15.8 Å². The number of hydrogen-bond acceptors (Lipinski definition) is 6. The van der Waals surface area contributed by atoms with Crippen molar-refractivity contribution in [1.82, 2.24) is 4.90 Å². The molecule has 0 aliphatic carbocycles. The van der Waals surface area contributed by atoms with Gasteiger partial charge in [-0.25, -0.2) is 0 Å². The van der Waals surface area contributed by atoms with Gasteiger partial charge in [-0.15, -0.1) is 0 Å². The van der Waals surface area contributed by atoms with Gasteiger partial charge in [0.25, 0.3) is 5.91 Å². The highest BCUT2D eigenvalue weighted by Crippen LogP contribution is 2.41. The van der Waals surface area contributed by atoms with Crippen molar-refractivity contribution in [3.05, 3.63) is 52.1 Å². The topological polar surface area (TPSA) is 80.0 Å². The molecule has 0 radical (unpaired) electrons. The fourth-order valence-corrected chi connectivity index (χ4v) is 4.27. The first-order chi connectivity index (χ1) is 16.3. The summed E-state index contributed by atoms with van der Waals surface area (Å²) in [5.74, 6) is -2.10. The molecule has 2 heterocycles. The van der Waals surface area contributed by atoms with Crippen LogP contribution in [0, 0.1) is 0 Å². The number of furan rings is 1. The van der Waals surface area contributed by atoms with E-state index in [0.717, 1.165) is 17.8 Å². The lowest BCUT2D eigenvalue weighted by Gasteiger charge is -2.14. The van der Waals surface area contributed by atoms with E-state index in [-0.39, 0.29) is 41.2 Å².